The Hall–Kier alpha value is -0.0400. The molecule has 0 aromatic heterocycles. The lowest BCUT2D eigenvalue weighted by molar-refractivity contribution is 0.216. The molecule has 0 unspecified atom stereocenters. The molecule has 0 bridgehead atoms. The van der Waals surface area contributed by atoms with Crippen molar-refractivity contribution in [1.82, 2.24) is 0 Å². The lowest BCUT2D eigenvalue weighted by atomic mass is 10.5. The average molecular weight is 92.2 g/mol. The Morgan fingerprint density at radius 3 is 1.17 bits per heavy atom. The van der Waals surface area contributed by atoms with Crippen molar-refractivity contribution in [2.45, 2.75) is 34.8 Å². The van der Waals surface area contributed by atoms with Crippen LogP contribution in [-0.2, 0) is 0 Å². The van der Waals surface area contributed by atoms with Crippen molar-refractivity contribution in [3.63, 3.8) is 0 Å². The standard InChI is InChI=1S/C3H8O.2CH4/c1-3(2)4;;/h3-4H,1-2H3;2*1H4. The van der Waals surface area contributed by atoms with Crippen LogP contribution < -0.4 is 0 Å². The Kier molecular flexibility index (Phi) is 24.8. The van der Waals surface area contributed by atoms with E-state index >= 15 is 0 Å². The third-order valence-corrected chi connectivity index (χ3v) is 0. The molecule has 0 heterocycles. The van der Waals surface area contributed by atoms with E-state index in [4.69, 9.17) is 5.11 Å². The van der Waals surface area contributed by atoms with Crippen molar-refractivity contribution in [3.05, 3.63) is 0 Å². The molecule has 0 amide bonds. The van der Waals surface area contributed by atoms with Gasteiger partial charge in [-0.15, -0.1) is 0 Å². The Bertz CT molecular complexity index is 8.66. The zero-order valence-electron chi connectivity index (χ0n) is 3.02. The number of rotatable bonds is 0. The van der Waals surface area contributed by atoms with Gasteiger partial charge in [-0.1, -0.05) is 14.9 Å². The first-order valence-electron chi connectivity index (χ1n) is 1.41. The first-order valence-corrected chi connectivity index (χ1v) is 1.41. The van der Waals surface area contributed by atoms with E-state index in [1.54, 1.807) is 13.8 Å². The molecule has 0 radical (unpaired) electrons. The van der Waals surface area contributed by atoms with Crippen LogP contribution in [-0.4, -0.2) is 11.2 Å². The monoisotopic (exact) mass is 92.1 g/mol. The van der Waals surface area contributed by atoms with Gasteiger partial charge in [0, 0.05) is 6.10 Å². The van der Waals surface area contributed by atoms with E-state index in [2.05, 4.69) is 0 Å². The molecule has 42 valence electrons. The second-order valence-corrected chi connectivity index (χ2v) is 1.09. The molecular formula is C5H16O. The molecule has 0 rings (SSSR count). The van der Waals surface area contributed by atoms with E-state index in [9.17, 15) is 0 Å². The van der Waals surface area contributed by atoms with Gasteiger partial charge >= 0.3 is 0 Å². The molecule has 0 saturated carbocycles. The van der Waals surface area contributed by atoms with Crippen molar-refractivity contribution < 1.29 is 5.11 Å². The van der Waals surface area contributed by atoms with Crippen LogP contribution >= 0.6 is 0 Å². The van der Waals surface area contributed by atoms with Gasteiger partial charge in [0.1, 0.15) is 0 Å². The molecule has 0 atom stereocenters. The summed E-state index contributed by atoms with van der Waals surface area (Å²) in [7, 11) is 0. The lowest BCUT2D eigenvalue weighted by Gasteiger charge is -1.80. The maximum absolute atomic E-state index is 8.06. The summed E-state index contributed by atoms with van der Waals surface area (Å²) in [6.07, 6.45) is -0.167. The zero-order chi connectivity index (χ0) is 3.58. The predicted molar refractivity (Wildman–Crippen MR) is 30.8 cm³/mol. The highest BCUT2D eigenvalue weighted by atomic mass is 16.3. The van der Waals surface area contributed by atoms with Crippen molar-refractivity contribution in [2.75, 3.05) is 0 Å². The van der Waals surface area contributed by atoms with E-state index in [1.807, 2.05) is 0 Å². The summed E-state index contributed by atoms with van der Waals surface area (Å²) in [5, 5.41) is 8.06. The number of aliphatic hydroxyl groups excluding tert-OH is 1. The number of hydrogen-bond acceptors (Lipinski definition) is 1. The van der Waals surface area contributed by atoms with Crippen LogP contribution in [0.3, 0.4) is 0 Å². The van der Waals surface area contributed by atoms with E-state index in [0.29, 0.717) is 0 Å². The number of hydrogen-bond donors (Lipinski definition) is 1. The van der Waals surface area contributed by atoms with Crippen LogP contribution in [0.2, 0.25) is 0 Å². The van der Waals surface area contributed by atoms with E-state index in [1.165, 1.54) is 0 Å². The fraction of sp³-hybridized carbons (Fsp3) is 1.00. The van der Waals surface area contributed by atoms with E-state index in [-0.39, 0.29) is 21.0 Å². The van der Waals surface area contributed by atoms with Crippen LogP contribution in [0.25, 0.3) is 0 Å². The van der Waals surface area contributed by atoms with Gasteiger partial charge in [0.25, 0.3) is 0 Å². The van der Waals surface area contributed by atoms with Crippen LogP contribution in [0.4, 0.5) is 0 Å². The minimum atomic E-state index is -0.167. The quantitative estimate of drug-likeness (QED) is 0.481. The van der Waals surface area contributed by atoms with Crippen molar-refractivity contribution in [3.8, 4) is 0 Å². The van der Waals surface area contributed by atoms with Gasteiger partial charge < -0.3 is 5.11 Å². The number of aliphatic hydroxyl groups is 1. The molecule has 0 aromatic rings. The second kappa shape index (κ2) is 8.88. The summed E-state index contributed by atoms with van der Waals surface area (Å²) in [6.45, 7) is 3.44. The molecule has 0 aliphatic heterocycles. The summed E-state index contributed by atoms with van der Waals surface area (Å²) in [5.74, 6) is 0. The largest absolute Gasteiger partial charge is 0.394 e. The van der Waals surface area contributed by atoms with Gasteiger partial charge in [-0.25, -0.2) is 0 Å². The highest BCUT2D eigenvalue weighted by molar-refractivity contribution is 4.20. The molecule has 0 aliphatic carbocycles. The summed E-state index contributed by atoms with van der Waals surface area (Å²) in [5.41, 5.74) is 0. The minimum Gasteiger partial charge on any atom is -0.394 e. The Labute approximate surface area is 41.0 Å². The van der Waals surface area contributed by atoms with Gasteiger partial charge in [0.2, 0.25) is 0 Å². The molecule has 1 heteroatoms. The van der Waals surface area contributed by atoms with Gasteiger partial charge in [-0.3, -0.25) is 0 Å². The molecule has 0 spiro atoms. The molecule has 6 heavy (non-hydrogen) atoms. The first kappa shape index (κ1) is 16.7. The van der Waals surface area contributed by atoms with E-state index in [0.717, 1.165) is 0 Å². The summed E-state index contributed by atoms with van der Waals surface area (Å²) in [4.78, 5) is 0. The van der Waals surface area contributed by atoms with Gasteiger partial charge in [-0.2, -0.15) is 0 Å². The van der Waals surface area contributed by atoms with Gasteiger partial charge in [0.15, 0.2) is 0 Å². The highest BCUT2D eigenvalue weighted by Gasteiger charge is 1.69. The Balaban J connectivity index is -0.0000000450. The zero-order valence-corrected chi connectivity index (χ0v) is 3.02. The van der Waals surface area contributed by atoms with Crippen molar-refractivity contribution in [1.29, 1.82) is 0 Å². The first-order chi connectivity index (χ1) is 1.73. The topological polar surface area (TPSA) is 20.2 Å². The molecular weight excluding hydrogens is 76.1 g/mol. The SMILES string of the molecule is C.C.CC(C)O. The predicted octanol–water partition coefficient (Wildman–Crippen LogP) is 1.66. The van der Waals surface area contributed by atoms with Gasteiger partial charge in [0.05, 0.1) is 0 Å². The van der Waals surface area contributed by atoms with Crippen LogP contribution in [0, 0.1) is 0 Å². The molecule has 0 saturated heterocycles. The molecule has 1 nitrogen and oxygen atoms in total. The summed E-state index contributed by atoms with van der Waals surface area (Å²) in [6, 6.07) is 0. The van der Waals surface area contributed by atoms with Gasteiger partial charge in [-0.05, 0) is 13.8 Å². The molecule has 0 fully saturated rings. The highest BCUT2D eigenvalue weighted by Crippen LogP contribution is 1.65. The van der Waals surface area contributed by atoms with Crippen LogP contribution in [0.1, 0.15) is 28.7 Å². The third-order valence-electron chi connectivity index (χ3n) is 0. The second-order valence-electron chi connectivity index (χ2n) is 1.09. The van der Waals surface area contributed by atoms with Crippen molar-refractivity contribution >= 4 is 0 Å². The van der Waals surface area contributed by atoms with E-state index < -0.39 is 0 Å². The summed E-state index contributed by atoms with van der Waals surface area (Å²) >= 11 is 0. The Morgan fingerprint density at radius 1 is 1.17 bits per heavy atom. The molecule has 0 aromatic carbocycles. The van der Waals surface area contributed by atoms with Crippen molar-refractivity contribution in [2.24, 2.45) is 0 Å². The Morgan fingerprint density at radius 2 is 1.17 bits per heavy atom. The fourth-order valence-electron chi connectivity index (χ4n) is 0. The van der Waals surface area contributed by atoms with Crippen LogP contribution in [0.5, 0.6) is 0 Å². The average Bonchev–Trinajstić information content (AvgIpc) is 0.811. The molecule has 0 aliphatic rings. The normalized spacial score (nSPS) is 6.00. The van der Waals surface area contributed by atoms with Crippen LogP contribution in [0.15, 0.2) is 0 Å². The minimum absolute atomic E-state index is 0. The fourth-order valence-corrected chi connectivity index (χ4v) is 0. The maximum Gasteiger partial charge on any atom is 0.0483 e. The lowest BCUT2D eigenvalue weighted by Crippen LogP contribution is -1.85. The smallest absolute Gasteiger partial charge is 0.0483 e. The maximum atomic E-state index is 8.06. The summed E-state index contributed by atoms with van der Waals surface area (Å²) < 4.78 is 0. The third kappa shape index (κ3) is 21700. The molecule has 1 N–H and O–H groups in total.